The van der Waals surface area contributed by atoms with Crippen molar-refractivity contribution in [3.8, 4) is 0 Å². The molecule has 0 spiro atoms. The summed E-state index contributed by atoms with van der Waals surface area (Å²) < 4.78 is 0. The van der Waals surface area contributed by atoms with Gasteiger partial charge in [0.2, 0.25) is 0 Å². The minimum atomic E-state index is 0.520. The van der Waals surface area contributed by atoms with Crippen molar-refractivity contribution in [2.45, 2.75) is 52.0 Å². The molecule has 1 fully saturated rings. The van der Waals surface area contributed by atoms with E-state index in [9.17, 15) is 0 Å². The molecule has 1 aliphatic carbocycles. The third-order valence-corrected chi connectivity index (χ3v) is 4.89. The van der Waals surface area contributed by atoms with Gasteiger partial charge in [-0.05, 0) is 44.1 Å². The van der Waals surface area contributed by atoms with E-state index in [4.69, 9.17) is 23.2 Å². The van der Waals surface area contributed by atoms with Crippen molar-refractivity contribution in [2.24, 2.45) is 5.92 Å². The molecule has 21 heavy (non-hydrogen) atoms. The maximum atomic E-state index is 6.36. The van der Waals surface area contributed by atoms with Gasteiger partial charge in [0.15, 0.2) is 0 Å². The molecule has 0 atom stereocenters. The summed E-state index contributed by atoms with van der Waals surface area (Å²) in [6, 6.07) is 2.32. The first-order valence-corrected chi connectivity index (χ1v) is 8.61. The van der Waals surface area contributed by atoms with Gasteiger partial charge in [-0.2, -0.15) is 0 Å². The Hall–Kier alpha value is -0.670. The van der Waals surface area contributed by atoms with Gasteiger partial charge in [0.1, 0.15) is 11.6 Å². The molecule has 0 amide bonds. The predicted octanol–water partition coefficient (Wildman–Crippen LogP) is 5.23. The molecule has 0 bridgehead atoms. The van der Waals surface area contributed by atoms with Gasteiger partial charge in [0.05, 0.1) is 10.0 Å². The Balaban J connectivity index is 2.17. The SMILES string of the molecule is CCCNc1nc(N(C)C2CCC(C)CC2)c(Cl)cc1Cl. The fraction of sp³-hybridized carbons (Fsp3) is 0.688. The summed E-state index contributed by atoms with van der Waals surface area (Å²) in [6.45, 7) is 5.31. The van der Waals surface area contributed by atoms with Crippen LogP contribution in [0.15, 0.2) is 6.07 Å². The van der Waals surface area contributed by atoms with Crippen LogP contribution in [0, 0.1) is 5.92 Å². The number of hydrogen-bond acceptors (Lipinski definition) is 3. The van der Waals surface area contributed by atoms with E-state index in [0.717, 1.165) is 30.5 Å². The molecular weight excluding hydrogens is 305 g/mol. The number of rotatable bonds is 5. The Morgan fingerprint density at radius 2 is 1.90 bits per heavy atom. The van der Waals surface area contributed by atoms with Gasteiger partial charge in [0, 0.05) is 19.6 Å². The first-order valence-electron chi connectivity index (χ1n) is 7.85. The normalized spacial score (nSPS) is 22.1. The Bertz CT molecular complexity index is 471. The lowest BCUT2D eigenvalue weighted by Crippen LogP contribution is -2.35. The molecule has 1 saturated carbocycles. The number of pyridine rings is 1. The molecule has 0 unspecified atom stereocenters. The lowest BCUT2D eigenvalue weighted by atomic mass is 9.87. The van der Waals surface area contributed by atoms with Gasteiger partial charge >= 0.3 is 0 Å². The van der Waals surface area contributed by atoms with Crippen LogP contribution in [0.3, 0.4) is 0 Å². The first-order chi connectivity index (χ1) is 10.0. The minimum Gasteiger partial charge on any atom is -0.369 e. The summed E-state index contributed by atoms with van der Waals surface area (Å²) in [5, 5.41) is 4.48. The van der Waals surface area contributed by atoms with Crippen molar-refractivity contribution < 1.29 is 0 Å². The third kappa shape index (κ3) is 4.17. The molecule has 2 rings (SSSR count). The highest BCUT2D eigenvalue weighted by Gasteiger charge is 2.24. The topological polar surface area (TPSA) is 28.2 Å². The zero-order valence-electron chi connectivity index (χ0n) is 13.1. The van der Waals surface area contributed by atoms with Crippen LogP contribution in [-0.4, -0.2) is 24.6 Å². The molecule has 118 valence electrons. The summed E-state index contributed by atoms with van der Waals surface area (Å²) >= 11 is 12.6. The summed E-state index contributed by atoms with van der Waals surface area (Å²) in [6.07, 6.45) is 6.00. The highest BCUT2D eigenvalue weighted by Crippen LogP contribution is 2.35. The molecule has 0 saturated heterocycles. The van der Waals surface area contributed by atoms with Crippen LogP contribution in [0.25, 0.3) is 0 Å². The van der Waals surface area contributed by atoms with E-state index in [-0.39, 0.29) is 0 Å². The van der Waals surface area contributed by atoms with Gasteiger partial charge in [-0.3, -0.25) is 0 Å². The molecule has 1 N–H and O–H groups in total. The van der Waals surface area contributed by atoms with Crippen LogP contribution in [0.4, 0.5) is 11.6 Å². The van der Waals surface area contributed by atoms with E-state index in [2.05, 4.69) is 36.1 Å². The maximum Gasteiger partial charge on any atom is 0.149 e. The summed E-state index contributed by atoms with van der Waals surface area (Å²) in [7, 11) is 2.09. The van der Waals surface area contributed by atoms with Crippen molar-refractivity contribution in [3.05, 3.63) is 16.1 Å². The van der Waals surface area contributed by atoms with Crippen molar-refractivity contribution in [1.29, 1.82) is 0 Å². The van der Waals surface area contributed by atoms with E-state index in [1.807, 2.05) is 0 Å². The summed E-state index contributed by atoms with van der Waals surface area (Å²) in [5.41, 5.74) is 0. The number of hydrogen-bond donors (Lipinski definition) is 1. The average Bonchev–Trinajstić information content (AvgIpc) is 2.46. The average molecular weight is 330 g/mol. The van der Waals surface area contributed by atoms with Gasteiger partial charge < -0.3 is 10.2 Å². The lowest BCUT2D eigenvalue weighted by Gasteiger charge is -2.35. The highest BCUT2D eigenvalue weighted by atomic mass is 35.5. The molecule has 0 radical (unpaired) electrons. The minimum absolute atomic E-state index is 0.520. The van der Waals surface area contributed by atoms with Crippen molar-refractivity contribution >= 4 is 34.8 Å². The Morgan fingerprint density at radius 1 is 1.24 bits per heavy atom. The molecule has 1 aromatic heterocycles. The molecule has 1 aliphatic rings. The van der Waals surface area contributed by atoms with E-state index in [1.54, 1.807) is 6.07 Å². The van der Waals surface area contributed by atoms with E-state index < -0.39 is 0 Å². The number of nitrogens with one attached hydrogen (secondary N) is 1. The quantitative estimate of drug-likeness (QED) is 0.802. The van der Waals surface area contributed by atoms with Crippen LogP contribution in [-0.2, 0) is 0 Å². The van der Waals surface area contributed by atoms with E-state index in [0.29, 0.717) is 16.1 Å². The van der Waals surface area contributed by atoms with Crippen LogP contribution in [0.2, 0.25) is 10.0 Å². The van der Waals surface area contributed by atoms with Crippen LogP contribution in [0.1, 0.15) is 46.0 Å². The maximum absolute atomic E-state index is 6.36. The fourth-order valence-corrected chi connectivity index (χ4v) is 3.43. The molecule has 1 aromatic rings. The summed E-state index contributed by atoms with van der Waals surface area (Å²) in [4.78, 5) is 6.88. The van der Waals surface area contributed by atoms with Crippen LogP contribution < -0.4 is 10.2 Å². The number of aromatic nitrogens is 1. The first kappa shape index (κ1) is 16.7. The number of anilines is 2. The molecule has 1 heterocycles. The van der Waals surface area contributed by atoms with Crippen molar-refractivity contribution in [2.75, 3.05) is 23.8 Å². The second kappa shape index (κ2) is 7.55. The molecular formula is C16H25Cl2N3. The third-order valence-electron chi connectivity index (χ3n) is 4.32. The molecule has 3 nitrogen and oxygen atoms in total. The second-order valence-corrected chi connectivity index (χ2v) is 6.89. The lowest BCUT2D eigenvalue weighted by molar-refractivity contribution is 0.340. The van der Waals surface area contributed by atoms with Gasteiger partial charge in [-0.15, -0.1) is 0 Å². The van der Waals surface area contributed by atoms with Crippen molar-refractivity contribution in [3.63, 3.8) is 0 Å². The van der Waals surface area contributed by atoms with Gasteiger partial charge in [0.25, 0.3) is 0 Å². The zero-order chi connectivity index (χ0) is 15.4. The predicted molar refractivity (Wildman–Crippen MR) is 92.9 cm³/mol. The van der Waals surface area contributed by atoms with E-state index >= 15 is 0 Å². The smallest absolute Gasteiger partial charge is 0.149 e. The Morgan fingerprint density at radius 3 is 2.52 bits per heavy atom. The van der Waals surface area contributed by atoms with E-state index in [1.165, 1.54) is 25.7 Å². The zero-order valence-corrected chi connectivity index (χ0v) is 14.6. The largest absolute Gasteiger partial charge is 0.369 e. The van der Waals surface area contributed by atoms with Crippen molar-refractivity contribution in [1.82, 2.24) is 4.98 Å². The number of halogens is 2. The van der Waals surface area contributed by atoms with Gasteiger partial charge in [-0.1, -0.05) is 37.0 Å². The van der Waals surface area contributed by atoms with Crippen LogP contribution >= 0.6 is 23.2 Å². The Labute approximate surface area is 138 Å². The molecule has 5 heteroatoms. The fourth-order valence-electron chi connectivity index (χ4n) is 2.87. The highest BCUT2D eigenvalue weighted by molar-refractivity contribution is 6.37. The van der Waals surface area contributed by atoms with Crippen LogP contribution in [0.5, 0.6) is 0 Å². The monoisotopic (exact) mass is 329 g/mol. The second-order valence-electron chi connectivity index (χ2n) is 6.08. The summed E-state index contributed by atoms with van der Waals surface area (Å²) in [5.74, 6) is 2.40. The standard InChI is InChI=1S/C16H25Cl2N3/c1-4-9-19-15-13(17)10-14(18)16(20-15)21(3)12-7-5-11(2)6-8-12/h10-12H,4-9H2,1-3H3,(H,19,20). The number of nitrogens with zero attached hydrogens (tertiary/aromatic N) is 2. The Kier molecular flexibility index (Phi) is 6.00. The molecule has 0 aliphatic heterocycles. The molecule has 0 aromatic carbocycles. The van der Waals surface area contributed by atoms with Gasteiger partial charge in [-0.25, -0.2) is 4.98 Å².